The number of benzene rings is 2. The summed E-state index contributed by atoms with van der Waals surface area (Å²) in [6, 6.07) is 13.3. The topological polar surface area (TPSA) is 72.5 Å². The number of aliphatic imine (C=N–C) groups is 1. The van der Waals surface area contributed by atoms with Crippen LogP contribution in [0, 0.1) is 0 Å². The number of hydrogen-bond acceptors (Lipinski definition) is 3. The summed E-state index contributed by atoms with van der Waals surface area (Å²) in [5.41, 5.74) is 2.60. The van der Waals surface area contributed by atoms with Crippen LogP contribution in [0.25, 0.3) is 5.57 Å². The number of allylic oxidation sites excluding steroid dienone is 1. The highest BCUT2D eigenvalue weighted by atomic mass is 35.5. The van der Waals surface area contributed by atoms with Crippen molar-refractivity contribution in [1.29, 1.82) is 0 Å². The monoisotopic (exact) mass is 366 g/mol. The first-order valence-electron chi connectivity index (χ1n) is 6.68. The molecule has 2 aromatic carbocycles. The molecule has 4 nitrogen and oxygen atoms in total. The summed E-state index contributed by atoms with van der Waals surface area (Å²) in [5, 5.41) is 6.30. The fourth-order valence-electron chi connectivity index (χ4n) is 2.43. The summed E-state index contributed by atoms with van der Waals surface area (Å²) < 4.78 is 22.7. The van der Waals surface area contributed by atoms with Crippen LogP contribution in [0.15, 0.2) is 63.5 Å². The van der Waals surface area contributed by atoms with Crippen molar-refractivity contribution in [2.45, 2.75) is 10.9 Å². The van der Waals surface area contributed by atoms with E-state index in [2.05, 4.69) is 4.99 Å². The SMILES string of the molecule is NS(=O)(=O)c1ccc(C2N=CC(Cl)=C2c2ccc(Cl)cc2)cc1. The van der Waals surface area contributed by atoms with Gasteiger partial charge in [0, 0.05) is 16.8 Å². The molecule has 0 bridgehead atoms. The van der Waals surface area contributed by atoms with Crippen LogP contribution >= 0.6 is 23.2 Å². The molecule has 23 heavy (non-hydrogen) atoms. The average molecular weight is 367 g/mol. The van der Waals surface area contributed by atoms with Crippen LogP contribution in [-0.2, 0) is 10.0 Å². The molecule has 2 N–H and O–H groups in total. The van der Waals surface area contributed by atoms with Crippen molar-refractivity contribution in [3.05, 3.63) is 69.7 Å². The maximum atomic E-state index is 11.3. The minimum atomic E-state index is -3.72. The first-order chi connectivity index (χ1) is 10.9. The Balaban J connectivity index is 1.99. The van der Waals surface area contributed by atoms with Gasteiger partial charge in [0.25, 0.3) is 0 Å². The zero-order valence-electron chi connectivity index (χ0n) is 11.8. The van der Waals surface area contributed by atoms with Crippen molar-refractivity contribution in [3.63, 3.8) is 0 Å². The normalized spacial score (nSPS) is 17.8. The molecule has 3 rings (SSSR count). The van der Waals surface area contributed by atoms with Gasteiger partial charge in [-0.15, -0.1) is 0 Å². The number of nitrogens with zero attached hydrogens (tertiary/aromatic N) is 1. The van der Waals surface area contributed by atoms with Crippen molar-refractivity contribution < 1.29 is 8.42 Å². The van der Waals surface area contributed by atoms with E-state index in [4.69, 9.17) is 28.3 Å². The molecule has 1 heterocycles. The largest absolute Gasteiger partial charge is 0.279 e. The van der Waals surface area contributed by atoms with Crippen LogP contribution in [0.5, 0.6) is 0 Å². The molecule has 7 heteroatoms. The van der Waals surface area contributed by atoms with Gasteiger partial charge >= 0.3 is 0 Å². The highest BCUT2D eigenvalue weighted by Gasteiger charge is 2.24. The summed E-state index contributed by atoms with van der Waals surface area (Å²) in [5.74, 6) is 0. The molecule has 1 atom stereocenters. The zero-order valence-corrected chi connectivity index (χ0v) is 14.1. The van der Waals surface area contributed by atoms with Crippen molar-refractivity contribution in [2.75, 3.05) is 0 Å². The summed E-state index contributed by atoms with van der Waals surface area (Å²) in [6.45, 7) is 0. The quantitative estimate of drug-likeness (QED) is 0.897. The Hall–Kier alpha value is -1.66. The molecule has 0 fully saturated rings. The smallest absolute Gasteiger partial charge is 0.238 e. The van der Waals surface area contributed by atoms with Crippen LogP contribution in [0.3, 0.4) is 0 Å². The fourth-order valence-corrected chi connectivity index (χ4v) is 3.34. The standard InChI is InChI=1S/C16H12Cl2N2O2S/c17-12-5-1-10(2-6-12)15-14(18)9-20-16(15)11-3-7-13(8-4-11)23(19,21)22/h1-9,16H,(H2,19,21,22). The molecular formula is C16H12Cl2N2O2S. The molecule has 1 unspecified atom stereocenters. The third-order valence-corrected chi connectivity index (χ3v) is 5.03. The Morgan fingerprint density at radius 1 is 0.957 bits per heavy atom. The summed E-state index contributed by atoms with van der Waals surface area (Å²) in [7, 11) is -3.72. The van der Waals surface area contributed by atoms with Gasteiger partial charge in [-0.25, -0.2) is 13.6 Å². The summed E-state index contributed by atoms with van der Waals surface area (Å²) >= 11 is 12.2. The molecule has 0 aliphatic carbocycles. The van der Waals surface area contributed by atoms with E-state index in [1.807, 2.05) is 12.1 Å². The van der Waals surface area contributed by atoms with E-state index in [-0.39, 0.29) is 10.9 Å². The second-order valence-corrected chi connectivity index (χ2v) is 7.47. The lowest BCUT2D eigenvalue weighted by Gasteiger charge is -2.14. The lowest BCUT2D eigenvalue weighted by Crippen LogP contribution is -2.12. The summed E-state index contributed by atoms with van der Waals surface area (Å²) in [6.07, 6.45) is 1.60. The molecule has 0 saturated carbocycles. The average Bonchev–Trinajstić information content (AvgIpc) is 2.89. The first kappa shape index (κ1) is 16.2. The van der Waals surface area contributed by atoms with Gasteiger partial charge in [0.2, 0.25) is 10.0 Å². The third-order valence-electron chi connectivity index (χ3n) is 3.55. The lowest BCUT2D eigenvalue weighted by atomic mass is 9.94. The van der Waals surface area contributed by atoms with Gasteiger partial charge in [0.1, 0.15) is 6.04 Å². The highest BCUT2D eigenvalue weighted by molar-refractivity contribution is 7.89. The number of halogens is 2. The predicted octanol–water partition coefficient (Wildman–Crippen LogP) is 3.76. The van der Waals surface area contributed by atoms with E-state index >= 15 is 0 Å². The van der Waals surface area contributed by atoms with Gasteiger partial charge in [0.15, 0.2) is 0 Å². The number of nitrogens with two attached hydrogens (primary N) is 1. The van der Waals surface area contributed by atoms with Gasteiger partial charge < -0.3 is 0 Å². The Morgan fingerprint density at radius 3 is 2.13 bits per heavy atom. The van der Waals surface area contributed by atoms with Gasteiger partial charge in [-0.1, -0.05) is 47.5 Å². The molecule has 0 aromatic heterocycles. The van der Waals surface area contributed by atoms with Crippen LogP contribution in [0.1, 0.15) is 17.2 Å². The van der Waals surface area contributed by atoms with Crippen molar-refractivity contribution in [2.24, 2.45) is 10.1 Å². The molecule has 0 spiro atoms. The van der Waals surface area contributed by atoms with Crippen molar-refractivity contribution >= 4 is 45.0 Å². The van der Waals surface area contributed by atoms with Gasteiger partial charge in [-0.3, -0.25) is 4.99 Å². The Kier molecular flexibility index (Phi) is 4.29. The number of hydrogen-bond donors (Lipinski definition) is 1. The van der Waals surface area contributed by atoms with Crippen LogP contribution in [0.4, 0.5) is 0 Å². The van der Waals surface area contributed by atoms with Crippen molar-refractivity contribution in [1.82, 2.24) is 0 Å². The molecule has 1 aliphatic heterocycles. The first-order valence-corrected chi connectivity index (χ1v) is 8.98. The van der Waals surface area contributed by atoms with E-state index in [9.17, 15) is 8.42 Å². The van der Waals surface area contributed by atoms with Gasteiger partial charge in [-0.2, -0.15) is 0 Å². The fraction of sp³-hybridized carbons (Fsp3) is 0.0625. The molecule has 0 radical (unpaired) electrons. The lowest BCUT2D eigenvalue weighted by molar-refractivity contribution is 0.597. The third kappa shape index (κ3) is 3.33. The predicted molar refractivity (Wildman–Crippen MR) is 93.3 cm³/mol. The minimum absolute atomic E-state index is 0.0614. The second-order valence-electron chi connectivity index (χ2n) is 5.06. The Labute approximate surface area is 144 Å². The number of primary sulfonamides is 1. The van der Waals surface area contributed by atoms with Crippen LogP contribution in [-0.4, -0.2) is 14.6 Å². The van der Waals surface area contributed by atoms with Crippen LogP contribution < -0.4 is 5.14 Å². The summed E-state index contributed by atoms with van der Waals surface area (Å²) in [4.78, 5) is 4.48. The second kappa shape index (κ2) is 6.09. The highest BCUT2D eigenvalue weighted by Crippen LogP contribution is 2.40. The van der Waals surface area contributed by atoms with E-state index in [0.29, 0.717) is 10.1 Å². The molecular weight excluding hydrogens is 355 g/mol. The minimum Gasteiger partial charge on any atom is -0.279 e. The zero-order chi connectivity index (χ0) is 16.6. The maximum Gasteiger partial charge on any atom is 0.238 e. The molecule has 118 valence electrons. The Morgan fingerprint density at radius 2 is 1.57 bits per heavy atom. The molecule has 0 saturated heterocycles. The Bertz CT molecular complexity index is 902. The molecule has 0 amide bonds. The molecule has 1 aliphatic rings. The van der Waals surface area contributed by atoms with Gasteiger partial charge in [-0.05, 0) is 35.4 Å². The van der Waals surface area contributed by atoms with E-state index in [1.165, 1.54) is 12.1 Å². The number of sulfonamides is 1. The van der Waals surface area contributed by atoms with Crippen molar-refractivity contribution in [3.8, 4) is 0 Å². The number of rotatable bonds is 3. The van der Waals surface area contributed by atoms with E-state index < -0.39 is 10.0 Å². The van der Waals surface area contributed by atoms with E-state index in [1.54, 1.807) is 30.5 Å². The van der Waals surface area contributed by atoms with Crippen LogP contribution in [0.2, 0.25) is 5.02 Å². The van der Waals surface area contributed by atoms with E-state index in [0.717, 1.165) is 16.7 Å². The van der Waals surface area contributed by atoms with Gasteiger partial charge in [0.05, 0.1) is 9.93 Å². The molecule has 2 aromatic rings. The maximum absolute atomic E-state index is 11.3.